The van der Waals surface area contributed by atoms with Crippen molar-refractivity contribution >= 4 is 18.5 Å². The summed E-state index contributed by atoms with van der Waals surface area (Å²) in [7, 11) is 2.13. The van der Waals surface area contributed by atoms with Gasteiger partial charge in [-0.05, 0) is 51.9 Å². The van der Waals surface area contributed by atoms with Crippen molar-refractivity contribution in [1.29, 1.82) is 0 Å². The highest BCUT2D eigenvalue weighted by Gasteiger charge is 2.25. The average molecular weight is 552 g/mol. The predicted octanol–water partition coefficient (Wildman–Crippen LogP) is 3.70. The topological polar surface area (TPSA) is 132 Å². The number of halogens is 1. The maximum atomic E-state index is 14.5. The van der Waals surface area contributed by atoms with E-state index in [0.717, 1.165) is 63.9 Å². The zero-order chi connectivity index (χ0) is 28.8. The molecule has 2 aromatic rings. The number of carboxylic acids is 1. The average Bonchev–Trinajstić information content (AvgIpc) is 3.59. The second-order valence-corrected chi connectivity index (χ2v) is 10.00. The van der Waals surface area contributed by atoms with Crippen LogP contribution in [0.3, 0.4) is 0 Å². The number of aromatic nitrogens is 2. The number of ether oxygens (including phenoxy) is 1. The van der Waals surface area contributed by atoms with E-state index in [1.165, 1.54) is 18.9 Å². The van der Waals surface area contributed by atoms with Crippen LogP contribution in [0, 0.1) is 5.82 Å². The molecule has 218 valence electrons. The van der Waals surface area contributed by atoms with Crippen LogP contribution in [0.2, 0.25) is 0 Å². The minimum atomic E-state index is -0.833. The smallest absolute Gasteiger partial charge is 0.324 e. The summed E-state index contributed by atoms with van der Waals surface area (Å²) in [4.78, 5) is 28.7. The van der Waals surface area contributed by atoms with Crippen molar-refractivity contribution < 1.29 is 33.5 Å². The summed E-state index contributed by atoms with van der Waals surface area (Å²) in [5.74, 6) is 0.632. The highest BCUT2D eigenvalue weighted by Crippen LogP contribution is 2.23. The number of benzene rings is 1. The molecule has 0 atom stereocenters. The van der Waals surface area contributed by atoms with Crippen molar-refractivity contribution in [3.8, 4) is 5.75 Å². The Balaban J connectivity index is 0.000000686. The predicted molar refractivity (Wildman–Crippen MR) is 145 cm³/mol. The lowest BCUT2D eigenvalue weighted by molar-refractivity contribution is -0.134. The van der Waals surface area contributed by atoms with Crippen molar-refractivity contribution in [2.75, 3.05) is 51.3 Å². The van der Waals surface area contributed by atoms with E-state index in [0.29, 0.717) is 31.0 Å². The number of rotatable bonds is 9. The molecular formula is C27H42FN5O6. The molecule has 0 spiro atoms. The van der Waals surface area contributed by atoms with E-state index < -0.39 is 5.97 Å². The molecule has 0 aliphatic carbocycles. The number of carbonyl (C=O) groups is 2. The van der Waals surface area contributed by atoms with Crippen molar-refractivity contribution in [1.82, 2.24) is 19.9 Å². The highest BCUT2D eigenvalue weighted by atomic mass is 19.1. The number of hydrogen-bond donors (Lipinski definition) is 2. The molecule has 0 radical (unpaired) electrons. The van der Waals surface area contributed by atoms with Crippen LogP contribution in [0.15, 0.2) is 22.7 Å². The third-order valence-electron chi connectivity index (χ3n) is 6.64. The van der Waals surface area contributed by atoms with Crippen LogP contribution >= 0.6 is 0 Å². The van der Waals surface area contributed by atoms with Crippen LogP contribution in [0.4, 0.5) is 10.4 Å². The molecule has 2 fully saturated rings. The fourth-order valence-electron chi connectivity index (χ4n) is 4.51. The number of anilines is 1. The summed E-state index contributed by atoms with van der Waals surface area (Å²) in [6.45, 7) is 10.9. The first-order valence-electron chi connectivity index (χ1n) is 13.3. The van der Waals surface area contributed by atoms with Crippen LogP contribution in [0.5, 0.6) is 5.75 Å². The third kappa shape index (κ3) is 11.2. The maximum Gasteiger partial charge on any atom is 0.324 e. The Morgan fingerprint density at radius 3 is 2.41 bits per heavy atom. The summed E-state index contributed by atoms with van der Waals surface area (Å²) in [6.07, 6.45) is 4.50. The SMILES string of the molecule is CC(=O)O.CC(C)c1noc(N2CCC(N(C)CCOc3ccc(CN4CCCC4)c(F)c3)CC2)n1.O=CO. The zero-order valence-corrected chi connectivity index (χ0v) is 23.4. The van der Waals surface area contributed by atoms with Crippen LogP contribution < -0.4 is 9.64 Å². The van der Waals surface area contributed by atoms with Gasteiger partial charge in [-0.2, -0.15) is 4.98 Å². The Labute approximate surface area is 229 Å². The second-order valence-electron chi connectivity index (χ2n) is 10.00. The molecule has 2 aliphatic rings. The molecule has 2 aliphatic heterocycles. The Hall–Kier alpha value is -3.25. The highest BCUT2D eigenvalue weighted by molar-refractivity contribution is 5.62. The number of nitrogens with zero attached hydrogens (tertiary/aromatic N) is 5. The molecular weight excluding hydrogens is 509 g/mol. The normalized spacial score (nSPS) is 15.9. The van der Waals surface area contributed by atoms with Crippen LogP contribution in [0.25, 0.3) is 0 Å². The molecule has 11 nitrogen and oxygen atoms in total. The van der Waals surface area contributed by atoms with Crippen LogP contribution in [-0.4, -0.2) is 95.0 Å². The first-order valence-corrected chi connectivity index (χ1v) is 13.3. The Kier molecular flexibility index (Phi) is 13.7. The van der Waals surface area contributed by atoms with Gasteiger partial charge in [0.1, 0.15) is 18.2 Å². The lowest BCUT2D eigenvalue weighted by Gasteiger charge is -2.35. The van der Waals surface area contributed by atoms with Crippen molar-refractivity contribution in [2.24, 2.45) is 0 Å². The van der Waals surface area contributed by atoms with Gasteiger partial charge < -0.3 is 24.4 Å². The standard InChI is InChI=1S/C24H36FN5O2.C2H4O2.CH2O2/c1-18(2)23-26-24(32-27-23)30-12-8-20(9-13-30)28(3)14-15-31-21-7-6-19(22(25)16-21)17-29-10-4-5-11-29;1-2(3)4;2-1-3/h6-7,16,18,20H,4-5,8-15,17H2,1-3H3;1H3,(H,3,4);1H,(H,2,3). The number of piperidine rings is 1. The van der Waals surface area contributed by atoms with Gasteiger partial charge in [-0.25, -0.2) is 4.39 Å². The molecule has 39 heavy (non-hydrogen) atoms. The molecule has 1 aromatic carbocycles. The largest absolute Gasteiger partial charge is 0.492 e. The van der Waals surface area contributed by atoms with Gasteiger partial charge >= 0.3 is 6.01 Å². The first kappa shape index (κ1) is 32.0. The van der Waals surface area contributed by atoms with Crippen LogP contribution in [0.1, 0.15) is 63.8 Å². The van der Waals surface area contributed by atoms with Gasteiger partial charge in [-0.3, -0.25) is 19.4 Å². The quantitative estimate of drug-likeness (QED) is 0.442. The van der Waals surface area contributed by atoms with E-state index in [1.807, 2.05) is 12.1 Å². The van der Waals surface area contributed by atoms with E-state index in [2.05, 4.69) is 45.7 Å². The lowest BCUT2D eigenvalue weighted by Crippen LogP contribution is -2.44. The molecule has 0 amide bonds. The number of aliphatic carboxylic acids is 1. The van der Waals surface area contributed by atoms with Crippen molar-refractivity contribution in [2.45, 2.75) is 65.0 Å². The Morgan fingerprint density at radius 1 is 1.26 bits per heavy atom. The summed E-state index contributed by atoms with van der Waals surface area (Å²) in [6, 6.07) is 6.41. The number of likely N-dealkylation sites (tertiary alicyclic amines) is 1. The molecule has 12 heteroatoms. The number of hydrogen-bond acceptors (Lipinski definition) is 9. The maximum absolute atomic E-state index is 14.5. The number of carboxylic acid groups (broad SMARTS) is 2. The fourth-order valence-corrected chi connectivity index (χ4v) is 4.51. The Bertz CT molecular complexity index is 1000. The van der Waals surface area contributed by atoms with E-state index >= 15 is 0 Å². The molecule has 0 saturated carbocycles. The van der Waals surface area contributed by atoms with Gasteiger partial charge in [-0.1, -0.05) is 25.1 Å². The van der Waals surface area contributed by atoms with Crippen molar-refractivity contribution in [3.05, 3.63) is 35.4 Å². The van der Waals surface area contributed by atoms with E-state index in [4.69, 9.17) is 29.1 Å². The summed E-state index contributed by atoms with van der Waals surface area (Å²) >= 11 is 0. The first-order chi connectivity index (χ1) is 18.6. The second kappa shape index (κ2) is 16.7. The van der Waals surface area contributed by atoms with Gasteiger partial charge in [0.15, 0.2) is 5.82 Å². The fraction of sp³-hybridized carbons (Fsp3) is 0.630. The minimum absolute atomic E-state index is 0.170. The Morgan fingerprint density at radius 2 is 1.87 bits per heavy atom. The van der Waals surface area contributed by atoms with E-state index in [9.17, 15) is 4.39 Å². The van der Waals surface area contributed by atoms with Crippen LogP contribution in [-0.2, 0) is 16.1 Å². The van der Waals surface area contributed by atoms with Crippen molar-refractivity contribution in [3.63, 3.8) is 0 Å². The molecule has 2 N–H and O–H groups in total. The van der Waals surface area contributed by atoms with E-state index in [-0.39, 0.29) is 18.2 Å². The molecule has 2 saturated heterocycles. The van der Waals surface area contributed by atoms with Gasteiger partial charge in [0.2, 0.25) is 0 Å². The van der Waals surface area contributed by atoms with Gasteiger partial charge in [0, 0.05) is 56.7 Å². The summed E-state index contributed by atoms with van der Waals surface area (Å²) < 4.78 is 25.7. The van der Waals surface area contributed by atoms with E-state index in [1.54, 1.807) is 0 Å². The molecule has 0 unspecified atom stereocenters. The zero-order valence-electron chi connectivity index (χ0n) is 23.4. The molecule has 3 heterocycles. The molecule has 4 rings (SSSR count). The van der Waals surface area contributed by atoms with Gasteiger partial charge in [-0.15, -0.1) is 0 Å². The van der Waals surface area contributed by atoms with Gasteiger partial charge in [0.25, 0.3) is 12.4 Å². The minimum Gasteiger partial charge on any atom is -0.492 e. The molecule has 0 bridgehead atoms. The summed E-state index contributed by atoms with van der Waals surface area (Å²) in [5.41, 5.74) is 0.755. The third-order valence-corrected chi connectivity index (χ3v) is 6.64. The lowest BCUT2D eigenvalue weighted by atomic mass is 10.0. The van der Waals surface area contributed by atoms with Gasteiger partial charge in [0.05, 0.1) is 0 Å². The number of likely N-dealkylation sites (N-methyl/N-ethyl adjacent to an activating group) is 1. The monoisotopic (exact) mass is 551 g/mol. The summed E-state index contributed by atoms with van der Waals surface area (Å²) in [5, 5.41) is 18.4. The molecule has 1 aromatic heterocycles.